The summed E-state index contributed by atoms with van der Waals surface area (Å²) in [7, 11) is 8.00. The van der Waals surface area contributed by atoms with Crippen LogP contribution in [0.4, 0.5) is 0 Å². The third kappa shape index (κ3) is 4.73. The monoisotopic (exact) mass is 399 g/mol. The van der Waals surface area contributed by atoms with E-state index >= 15 is 0 Å². The van der Waals surface area contributed by atoms with E-state index in [0.29, 0.717) is 6.54 Å². The van der Waals surface area contributed by atoms with Crippen LogP contribution in [0.2, 0.25) is 0 Å². The molecule has 0 aliphatic heterocycles. The lowest BCUT2D eigenvalue weighted by Gasteiger charge is -2.22. The van der Waals surface area contributed by atoms with Crippen molar-refractivity contribution in [3.05, 3.63) is 48.3 Å². The summed E-state index contributed by atoms with van der Waals surface area (Å²) >= 11 is 0. The molecule has 21 heavy (non-hydrogen) atoms. The van der Waals surface area contributed by atoms with Crippen LogP contribution in [0.5, 0.6) is 0 Å². The summed E-state index contributed by atoms with van der Waals surface area (Å²) in [6, 6.07) is 10.2. The van der Waals surface area contributed by atoms with Crippen LogP contribution in [0.15, 0.2) is 47.7 Å². The molecule has 0 unspecified atom stereocenters. The van der Waals surface area contributed by atoms with Crippen LogP contribution < -0.4 is 0 Å². The Balaban J connectivity index is 0.00000220. The molecule has 0 saturated carbocycles. The third-order valence-corrected chi connectivity index (χ3v) is 2.88. The summed E-state index contributed by atoms with van der Waals surface area (Å²) in [5.41, 5.74) is 2.22. The lowest BCUT2D eigenvalue weighted by Crippen LogP contribution is -2.35. The van der Waals surface area contributed by atoms with Gasteiger partial charge in [0.1, 0.15) is 0 Å². The van der Waals surface area contributed by atoms with Gasteiger partial charge in [-0.1, -0.05) is 12.1 Å². The molecule has 0 bridgehead atoms. The number of rotatable bonds is 3. The average Bonchev–Trinajstić information content (AvgIpc) is 2.92. The molecule has 0 spiro atoms. The molecule has 0 amide bonds. The van der Waals surface area contributed by atoms with Crippen molar-refractivity contribution >= 4 is 29.9 Å². The first-order chi connectivity index (χ1) is 9.58. The van der Waals surface area contributed by atoms with Crippen molar-refractivity contribution in [3.63, 3.8) is 0 Å². The Hall–Kier alpha value is -1.57. The van der Waals surface area contributed by atoms with Crippen molar-refractivity contribution in [2.45, 2.75) is 6.54 Å². The van der Waals surface area contributed by atoms with Crippen molar-refractivity contribution in [2.24, 2.45) is 4.99 Å². The Kier molecular flexibility index (Phi) is 6.67. The molecule has 0 fully saturated rings. The molecular formula is C15H22IN5. The minimum atomic E-state index is 0. The Morgan fingerprint density at radius 3 is 2.43 bits per heavy atom. The van der Waals surface area contributed by atoms with E-state index in [1.54, 1.807) is 6.20 Å². The zero-order valence-electron chi connectivity index (χ0n) is 12.9. The lowest BCUT2D eigenvalue weighted by molar-refractivity contribution is 0.479. The number of halogens is 1. The van der Waals surface area contributed by atoms with E-state index < -0.39 is 0 Å². The lowest BCUT2D eigenvalue weighted by atomic mass is 10.2. The van der Waals surface area contributed by atoms with Crippen LogP contribution >= 0.6 is 24.0 Å². The number of hydrogen-bond acceptors (Lipinski definition) is 2. The second kappa shape index (κ2) is 8.02. The summed E-state index contributed by atoms with van der Waals surface area (Å²) < 4.78 is 1.85. The fourth-order valence-electron chi connectivity index (χ4n) is 2.06. The van der Waals surface area contributed by atoms with Gasteiger partial charge < -0.3 is 9.80 Å². The summed E-state index contributed by atoms with van der Waals surface area (Å²) in [6.45, 7) is 0.654. The quantitative estimate of drug-likeness (QED) is 0.452. The van der Waals surface area contributed by atoms with Gasteiger partial charge in [0.15, 0.2) is 5.96 Å². The highest BCUT2D eigenvalue weighted by molar-refractivity contribution is 14.0. The zero-order valence-corrected chi connectivity index (χ0v) is 15.2. The van der Waals surface area contributed by atoms with Crippen LogP contribution in [-0.2, 0) is 6.54 Å². The van der Waals surface area contributed by atoms with Crippen molar-refractivity contribution in [1.82, 2.24) is 19.6 Å². The zero-order chi connectivity index (χ0) is 14.5. The van der Waals surface area contributed by atoms with E-state index in [1.807, 2.05) is 67.1 Å². The van der Waals surface area contributed by atoms with E-state index in [1.165, 1.54) is 5.56 Å². The number of nitrogens with zero attached hydrogens (tertiary/aromatic N) is 5. The van der Waals surface area contributed by atoms with Crippen molar-refractivity contribution in [3.8, 4) is 5.69 Å². The number of benzene rings is 1. The molecule has 0 radical (unpaired) electrons. The second-order valence-corrected chi connectivity index (χ2v) is 5.03. The van der Waals surface area contributed by atoms with E-state index in [4.69, 9.17) is 0 Å². The Morgan fingerprint density at radius 1 is 1.14 bits per heavy atom. The van der Waals surface area contributed by atoms with E-state index in [-0.39, 0.29) is 24.0 Å². The van der Waals surface area contributed by atoms with Crippen LogP contribution in [0.1, 0.15) is 5.56 Å². The normalized spacial score (nSPS) is 9.71. The minimum absolute atomic E-state index is 0. The molecule has 1 heterocycles. The summed E-state index contributed by atoms with van der Waals surface area (Å²) in [4.78, 5) is 8.68. The number of guanidine groups is 1. The molecule has 1 aromatic heterocycles. The van der Waals surface area contributed by atoms with Crippen molar-refractivity contribution < 1.29 is 0 Å². The highest BCUT2D eigenvalue weighted by Gasteiger charge is 2.04. The molecule has 114 valence electrons. The summed E-state index contributed by atoms with van der Waals surface area (Å²) in [5.74, 6) is 0.953. The molecule has 2 rings (SSSR count). The maximum absolute atomic E-state index is 4.65. The smallest absolute Gasteiger partial charge is 0.195 e. The Labute approximate surface area is 143 Å². The van der Waals surface area contributed by atoms with Gasteiger partial charge in [0.2, 0.25) is 0 Å². The molecule has 0 atom stereocenters. The Morgan fingerprint density at radius 2 is 1.86 bits per heavy atom. The highest BCUT2D eigenvalue weighted by Crippen LogP contribution is 2.10. The van der Waals surface area contributed by atoms with Crippen molar-refractivity contribution in [2.75, 3.05) is 28.2 Å². The van der Waals surface area contributed by atoms with Crippen LogP contribution in [-0.4, -0.2) is 53.7 Å². The fourth-order valence-corrected chi connectivity index (χ4v) is 2.06. The molecule has 0 aliphatic rings. The van der Waals surface area contributed by atoms with Gasteiger partial charge in [0, 0.05) is 40.6 Å². The van der Waals surface area contributed by atoms with E-state index in [9.17, 15) is 0 Å². The molecule has 1 aromatic carbocycles. The number of aromatic nitrogens is 2. The van der Waals surface area contributed by atoms with Crippen LogP contribution in [0, 0.1) is 0 Å². The largest absolute Gasteiger partial charge is 0.349 e. The second-order valence-electron chi connectivity index (χ2n) is 5.03. The maximum Gasteiger partial charge on any atom is 0.195 e. The first-order valence-corrected chi connectivity index (χ1v) is 6.56. The fraction of sp³-hybridized carbons (Fsp3) is 0.333. The Bertz CT molecular complexity index is 566. The van der Waals surface area contributed by atoms with Gasteiger partial charge in [-0.3, -0.25) is 0 Å². The van der Waals surface area contributed by atoms with Gasteiger partial charge in [-0.25, -0.2) is 9.67 Å². The van der Waals surface area contributed by atoms with Gasteiger partial charge in [-0.2, -0.15) is 5.10 Å². The molecular weight excluding hydrogens is 377 g/mol. The minimum Gasteiger partial charge on any atom is -0.349 e. The average molecular weight is 399 g/mol. The van der Waals surface area contributed by atoms with E-state index in [2.05, 4.69) is 22.2 Å². The van der Waals surface area contributed by atoms with E-state index in [0.717, 1.165) is 11.6 Å². The molecule has 5 nitrogen and oxygen atoms in total. The number of aliphatic imine (C=N–C) groups is 1. The van der Waals surface area contributed by atoms with Gasteiger partial charge in [-0.15, -0.1) is 24.0 Å². The predicted molar refractivity (Wildman–Crippen MR) is 97.5 cm³/mol. The van der Waals surface area contributed by atoms with Gasteiger partial charge in [-0.05, 0) is 23.8 Å². The third-order valence-electron chi connectivity index (χ3n) is 2.88. The maximum atomic E-state index is 4.65. The van der Waals surface area contributed by atoms with Gasteiger partial charge >= 0.3 is 0 Å². The van der Waals surface area contributed by atoms with Crippen LogP contribution in [0.25, 0.3) is 5.69 Å². The predicted octanol–water partition coefficient (Wildman–Crippen LogP) is 2.47. The number of hydrogen-bond donors (Lipinski definition) is 0. The molecule has 0 aliphatic carbocycles. The first-order valence-electron chi connectivity index (χ1n) is 6.56. The molecule has 2 aromatic rings. The van der Waals surface area contributed by atoms with Crippen molar-refractivity contribution in [1.29, 1.82) is 0 Å². The van der Waals surface area contributed by atoms with Crippen LogP contribution in [0.3, 0.4) is 0 Å². The molecule has 6 heteroatoms. The standard InChI is InChI=1S/C15H21N5.HI/c1-18(2)15(19(3)4)16-12-13-7-5-8-14(11-13)20-10-6-9-17-20;/h5-11H,12H2,1-4H3;1H. The molecule has 0 saturated heterocycles. The summed E-state index contributed by atoms with van der Waals surface area (Å²) in [6.07, 6.45) is 3.72. The topological polar surface area (TPSA) is 36.7 Å². The first kappa shape index (κ1) is 17.5. The highest BCUT2D eigenvalue weighted by atomic mass is 127. The van der Waals surface area contributed by atoms with Gasteiger partial charge in [0.25, 0.3) is 0 Å². The van der Waals surface area contributed by atoms with Gasteiger partial charge in [0.05, 0.1) is 12.2 Å². The summed E-state index contributed by atoms with van der Waals surface area (Å²) in [5, 5.41) is 4.24. The SMILES string of the molecule is CN(C)C(=NCc1cccc(-n2cccn2)c1)N(C)C.I. The molecule has 0 N–H and O–H groups in total.